The van der Waals surface area contributed by atoms with Crippen LogP contribution < -0.4 is 0 Å². The summed E-state index contributed by atoms with van der Waals surface area (Å²) in [5.74, 6) is -0.386. The molecule has 0 amide bonds. The summed E-state index contributed by atoms with van der Waals surface area (Å²) >= 11 is 0. The molecule has 0 radical (unpaired) electrons. The van der Waals surface area contributed by atoms with Crippen LogP contribution in [0.4, 0.5) is 13.2 Å². The summed E-state index contributed by atoms with van der Waals surface area (Å²) in [7, 11) is 0. The minimum Gasteiger partial charge on any atom is -0.363 e. The number of alkyl halides is 3. The van der Waals surface area contributed by atoms with Gasteiger partial charge in [0.2, 0.25) is 0 Å². The zero-order chi connectivity index (χ0) is 12.4. The van der Waals surface area contributed by atoms with Gasteiger partial charge >= 0.3 is 6.18 Å². The standard InChI is InChI=1S/C12H21F3O/c1-9(2)16-11(3,12(13,14)15)10-7-5-4-6-8-10/h9-10H,4-8H2,1-3H3. The Labute approximate surface area is 95.4 Å². The van der Waals surface area contributed by atoms with E-state index in [9.17, 15) is 13.2 Å². The SMILES string of the molecule is CC(C)OC(C)(C1CCCCC1)C(F)(F)F. The van der Waals surface area contributed by atoms with E-state index in [1.807, 2.05) is 0 Å². The molecule has 1 nitrogen and oxygen atoms in total. The first-order valence-corrected chi connectivity index (χ1v) is 6.02. The topological polar surface area (TPSA) is 9.23 Å². The summed E-state index contributed by atoms with van der Waals surface area (Å²) in [6.07, 6.45) is -0.597. The van der Waals surface area contributed by atoms with Gasteiger partial charge in [-0.05, 0) is 39.5 Å². The Morgan fingerprint density at radius 1 is 1.06 bits per heavy atom. The van der Waals surface area contributed by atoms with Crippen molar-refractivity contribution in [3.8, 4) is 0 Å². The van der Waals surface area contributed by atoms with E-state index < -0.39 is 17.9 Å². The third-order valence-electron chi connectivity index (χ3n) is 3.43. The summed E-state index contributed by atoms with van der Waals surface area (Å²) in [6.45, 7) is 4.53. The van der Waals surface area contributed by atoms with E-state index in [2.05, 4.69) is 0 Å². The summed E-state index contributed by atoms with van der Waals surface area (Å²) in [6, 6.07) is 0. The summed E-state index contributed by atoms with van der Waals surface area (Å²) < 4.78 is 44.6. The normalized spacial score (nSPS) is 23.4. The van der Waals surface area contributed by atoms with E-state index in [1.165, 1.54) is 6.92 Å². The van der Waals surface area contributed by atoms with Crippen LogP contribution in [0.3, 0.4) is 0 Å². The summed E-state index contributed by atoms with van der Waals surface area (Å²) in [5, 5.41) is 0. The molecular formula is C12H21F3O. The quantitative estimate of drug-likeness (QED) is 0.711. The van der Waals surface area contributed by atoms with Crippen molar-refractivity contribution >= 4 is 0 Å². The Morgan fingerprint density at radius 3 is 1.94 bits per heavy atom. The lowest BCUT2D eigenvalue weighted by Gasteiger charge is -2.42. The maximum Gasteiger partial charge on any atom is 0.417 e. The van der Waals surface area contributed by atoms with Crippen LogP contribution in [0.15, 0.2) is 0 Å². The Balaban J connectivity index is 2.84. The molecule has 4 heteroatoms. The van der Waals surface area contributed by atoms with Crippen LogP contribution in [0.1, 0.15) is 52.9 Å². The minimum atomic E-state index is -4.28. The van der Waals surface area contributed by atoms with Crippen molar-refractivity contribution in [1.29, 1.82) is 0 Å². The van der Waals surface area contributed by atoms with Crippen LogP contribution in [0.2, 0.25) is 0 Å². The van der Waals surface area contributed by atoms with Crippen molar-refractivity contribution < 1.29 is 17.9 Å². The third kappa shape index (κ3) is 2.90. The minimum absolute atomic E-state index is 0.386. The Hall–Kier alpha value is -0.250. The maximum atomic E-state index is 13.1. The molecule has 0 aromatic heterocycles. The van der Waals surface area contributed by atoms with Crippen LogP contribution in [0.5, 0.6) is 0 Å². The molecule has 0 spiro atoms. The molecule has 0 bridgehead atoms. The van der Waals surface area contributed by atoms with Crippen LogP contribution in [0, 0.1) is 5.92 Å². The van der Waals surface area contributed by atoms with Gasteiger partial charge in [0, 0.05) is 0 Å². The van der Waals surface area contributed by atoms with E-state index in [0.717, 1.165) is 19.3 Å². The average molecular weight is 238 g/mol. The molecule has 0 N–H and O–H groups in total. The zero-order valence-electron chi connectivity index (χ0n) is 10.2. The highest BCUT2D eigenvalue weighted by Crippen LogP contribution is 2.45. The van der Waals surface area contributed by atoms with Gasteiger partial charge in [0.25, 0.3) is 0 Å². The van der Waals surface area contributed by atoms with E-state index >= 15 is 0 Å². The first-order chi connectivity index (χ1) is 7.27. The lowest BCUT2D eigenvalue weighted by molar-refractivity contribution is -0.302. The molecule has 0 aliphatic heterocycles. The maximum absolute atomic E-state index is 13.1. The van der Waals surface area contributed by atoms with E-state index in [-0.39, 0.29) is 5.92 Å². The highest BCUT2D eigenvalue weighted by molar-refractivity contribution is 4.92. The second-order valence-corrected chi connectivity index (χ2v) is 5.11. The van der Waals surface area contributed by atoms with Gasteiger partial charge in [0.05, 0.1) is 6.10 Å². The van der Waals surface area contributed by atoms with Gasteiger partial charge in [-0.15, -0.1) is 0 Å². The lowest BCUT2D eigenvalue weighted by Crippen LogP contribution is -2.52. The van der Waals surface area contributed by atoms with Gasteiger partial charge in [-0.25, -0.2) is 0 Å². The number of rotatable bonds is 3. The first-order valence-electron chi connectivity index (χ1n) is 6.02. The molecule has 16 heavy (non-hydrogen) atoms. The fourth-order valence-corrected chi connectivity index (χ4v) is 2.54. The molecule has 1 saturated carbocycles. The molecule has 0 saturated heterocycles. The smallest absolute Gasteiger partial charge is 0.363 e. The molecule has 1 unspecified atom stereocenters. The highest BCUT2D eigenvalue weighted by atomic mass is 19.4. The Morgan fingerprint density at radius 2 is 1.56 bits per heavy atom. The second kappa shape index (κ2) is 4.94. The molecule has 0 heterocycles. The van der Waals surface area contributed by atoms with Crippen molar-refractivity contribution in [2.75, 3.05) is 0 Å². The summed E-state index contributed by atoms with van der Waals surface area (Å²) in [4.78, 5) is 0. The molecule has 96 valence electrons. The zero-order valence-corrected chi connectivity index (χ0v) is 10.2. The van der Waals surface area contributed by atoms with Crippen molar-refractivity contribution in [3.63, 3.8) is 0 Å². The fraction of sp³-hybridized carbons (Fsp3) is 1.00. The molecule has 1 rings (SSSR count). The largest absolute Gasteiger partial charge is 0.417 e. The van der Waals surface area contributed by atoms with Crippen LogP contribution in [-0.2, 0) is 4.74 Å². The molecule has 0 aromatic rings. The van der Waals surface area contributed by atoms with Gasteiger partial charge in [-0.3, -0.25) is 0 Å². The van der Waals surface area contributed by atoms with Crippen molar-refractivity contribution in [1.82, 2.24) is 0 Å². The van der Waals surface area contributed by atoms with Crippen molar-refractivity contribution in [2.24, 2.45) is 5.92 Å². The van der Waals surface area contributed by atoms with Crippen LogP contribution in [0.25, 0.3) is 0 Å². The van der Waals surface area contributed by atoms with Crippen LogP contribution >= 0.6 is 0 Å². The molecule has 0 aromatic carbocycles. The van der Waals surface area contributed by atoms with Gasteiger partial charge < -0.3 is 4.74 Å². The third-order valence-corrected chi connectivity index (χ3v) is 3.43. The second-order valence-electron chi connectivity index (χ2n) is 5.11. The fourth-order valence-electron chi connectivity index (χ4n) is 2.54. The predicted octanol–water partition coefficient (Wildman–Crippen LogP) is 4.31. The molecule has 1 aliphatic carbocycles. The number of hydrogen-bond donors (Lipinski definition) is 0. The lowest BCUT2D eigenvalue weighted by atomic mass is 9.77. The molecule has 1 atom stereocenters. The number of hydrogen-bond acceptors (Lipinski definition) is 1. The van der Waals surface area contributed by atoms with E-state index in [4.69, 9.17) is 4.74 Å². The highest BCUT2D eigenvalue weighted by Gasteiger charge is 2.57. The molecule has 1 fully saturated rings. The van der Waals surface area contributed by atoms with Crippen molar-refractivity contribution in [2.45, 2.75) is 70.8 Å². The Kier molecular flexibility index (Phi) is 4.27. The van der Waals surface area contributed by atoms with Crippen LogP contribution in [-0.4, -0.2) is 17.9 Å². The van der Waals surface area contributed by atoms with Crippen molar-refractivity contribution in [3.05, 3.63) is 0 Å². The monoisotopic (exact) mass is 238 g/mol. The van der Waals surface area contributed by atoms with E-state index in [1.54, 1.807) is 13.8 Å². The van der Waals surface area contributed by atoms with Gasteiger partial charge in [-0.2, -0.15) is 13.2 Å². The van der Waals surface area contributed by atoms with Gasteiger partial charge in [0.1, 0.15) is 0 Å². The Bertz CT molecular complexity index is 219. The molecular weight excluding hydrogens is 217 g/mol. The predicted molar refractivity (Wildman–Crippen MR) is 57.3 cm³/mol. The average Bonchev–Trinajstić information content (AvgIpc) is 2.16. The number of halogens is 3. The van der Waals surface area contributed by atoms with E-state index in [0.29, 0.717) is 12.8 Å². The number of ether oxygens (including phenoxy) is 1. The molecule has 1 aliphatic rings. The van der Waals surface area contributed by atoms with Gasteiger partial charge in [-0.1, -0.05) is 19.3 Å². The first kappa shape index (κ1) is 13.8. The summed E-state index contributed by atoms with van der Waals surface area (Å²) in [5.41, 5.74) is -1.97. The van der Waals surface area contributed by atoms with Gasteiger partial charge in [0.15, 0.2) is 5.60 Å².